The summed E-state index contributed by atoms with van der Waals surface area (Å²) in [5.74, 6) is 0.420. The molecule has 1 aromatic heterocycles. The van der Waals surface area contributed by atoms with Crippen molar-refractivity contribution < 1.29 is 0 Å². The molecule has 0 aromatic carbocycles. The average molecular weight is 157 g/mol. The van der Waals surface area contributed by atoms with Gasteiger partial charge in [0.2, 0.25) is 0 Å². The van der Waals surface area contributed by atoms with E-state index in [1.54, 1.807) is 6.20 Å². The molecule has 2 N–H and O–H groups in total. The van der Waals surface area contributed by atoms with Crippen LogP contribution in [0.5, 0.6) is 0 Å². The molecule has 0 radical (unpaired) electrons. The first-order valence-electron chi connectivity index (χ1n) is 3.05. The lowest BCUT2D eigenvalue weighted by molar-refractivity contribution is 1.11. The highest BCUT2D eigenvalue weighted by molar-refractivity contribution is 7.80. The minimum Gasteiger partial charge on any atom is -0.383 e. The van der Waals surface area contributed by atoms with Crippen molar-refractivity contribution in [2.75, 3.05) is 5.73 Å². The molecule has 0 aliphatic heterocycles. The third-order valence-corrected chi connectivity index (χ3v) is 1.07. The molecule has 0 amide bonds. The first kappa shape index (κ1) is 9.23. The van der Waals surface area contributed by atoms with Crippen molar-refractivity contribution in [2.24, 2.45) is 0 Å². The summed E-state index contributed by atoms with van der Waals surface area (Å²) in [5.41, 5.74) is 5.29. The van der Waals surface area contributed by atoms with E-state index in [2.05, 4.69) is 22.6 Å². The molecule has 3 nitrogen and oxygen atoms in total. The number of aromatic nitrogens is 2. The smallest absolute Gasteiger partial charge is 0.140 e. The van der Waals surface area contributed by atoms with Crippen molar-refractivity contribution in [3.05, 3.63) is 12.5 Å². The Morgan fingerprint density at radius 1 is 1.50 bits per heavy atom. The van der Waals surface area contributed by atoms with E-state index in [0.717, 1.165) is 0 Å². The van der Waals surface area contributed by atoms with Gasteiger partial charge in [-0.15, -0.1) is 12.6 Å². The highest BCUT2D eigenvalue weighted by atomic mass is 32.1. The van der Waals surface area contributed by atoms with E-state index in [-0.39, 0.29) is 0 Å². The summed E-state index contributed by atoms with van der Waals surface area (Å²) in [6.45, 7) is 4.00. The Morgan fingerprint density at radius 2 is 2.10 bits per heavy atom. The summed E-state index contributed by atoms with van der Waals surface area (Å²) >= 11 is 3.95. The summed E-state index contributed by atoms with van der Waals surface area (Å²) in [6, 6.07) is 0. The Bertz CT molecular complexity index is 169. The fourth-order valence-corrected chi connectivity index (χ4v) is 0.456. The molecular formula is C6H11N3S. The van der Waals surface area contributed by atoms with Crippen molar-refractivity contribution >= 4 is 18.4 Å². The van der Waals surface area contributed by atoms with E-state index >= 15 is 0 Å². The topological polar surface area (TPSA) is 51.8 Å². The Morgan fingerprint density at radius 3 is 2.40 bits per heavy atom. The number of nitrogens with zero attached hydrogens (tertiary/aromatic N) is 2. The zero-order valence-electron chi connectivity index (χ0n) is 6.07. The van der Waals surface area contributed by atoms with Gasteiger partial charge in [0.05, 0.1) is 4.90 Å². The van der Waals surface area contributed by atoms with Crippen molar-refractivity contribution in [3.63, 3.8) is 0 Å². The maximum Gasteiger partial charge on any atom is 0.140 e. The molecule has 10 heavy (non-hydrogen) atoms. The maximum atomic E-state index is 5.29. The van der Waals surface area contributed by atoms with Crippen molar-refractivity contribution in [1.29, 1.82) is 0 Å². The van der Waals surface area contributed by atoms with Crippen LogP contribution in [0.25, 0.3) is 0 Å². The van der Waals surface area contributed by atoms with Gasteiger partial charge >= 0.3 is 0 Å². The molecule has 0 bridgehead atoms. The zero-order valence-corrected chi connectivity index (χ0v) is 6.97. The van der Waals surface area contributed by atoms with E-state index in [1.165, 1.54) is 6.33 Å². The number of thiol groups is 1. The SMILES string of the molecule is CC.Nc1ncncc1S. The lowest BCUT2D eigenvalue weighted by Gasteiger charge is -1.90. The number of rotatable bonds is 0. The molecule has 1 heterocycles. The minimum atomic E-state index is 0.420. The lowest BCUT2D eigenvalue weighted by atomic mass is 10.6. The summed E-state index contributed by atoms with van der Waals surface area (Å²) in [4.78, 5) is 7.96. The standard InChI is InChI=1S/C4H5N3S.C2H6/c5-4-3(8)1-6-2-7-4;1-2/h1-2,8H,(H2,5,6,7);1-2H3. The van der Waals surface area contributed by atoms with Crippen LogP contribution in [0.2, 0.25) is 0 Å². The van der Waals surface area contributed by atoms with Crippen LogP contribution in [-0.4, -0.2) is 9.97 Å². The molecule has 0 aliphatic rings. The van der Waals surface area contributed by atoms with Crippen LogP contribution in [0.3, 0.4) is 0 Å². The summed E-state index contributed by atoms with van der Waals surface area (Å²) in [6.07, 6.45) is 2.93. The second-order valence-corrected chi connectivity index (χ2v) is 1.78. The Labute approximate surface area is 66.1 Å². The van der Waals surface area contributed by atoms with Gasteiger partial charge in [0.1, 0.15) is 12.1 Å². The number of nitrogens with two attached hydrogens (primary N) is 1. The summed E-state index contributed by atoms with van der Waals surface area (Å²) in [5, 5.41) is 0. The molecule has 0 spiro atoms. The Kier molecular flexibility index (Phi) is 4.66. The number of hydrogen-bond acceptors (Lipinski definition) is 4. The molecule has 0 fully saturated rings. The van der Waals surface area contributed by atoms with E-state index < -0.39 is 0 Å². The Balaban J connectivity index is 0.000000371. The molecule has 0 aliphatic carbocycles. The molecule has 56 valence electrons. The molecular weight excluding hydrogens is 146 g/mol. The van der Waals surface area contributed by atoms with E-state index in [9.17, 15) is 0 Å². The van der Waals surface area contributed by atoms with Gasteiger partial charge in [0, 0.05) is 6.20 Å². The summed E-state index contributed by atoms with van der Waals surface area (Å²) in [7, 11) is 0. The van der Waals surface area contributed by atoms with Gasteiger partial charge < -0.3 is 5.73 Å². The molecule has 1 rings (SSSR count). The van der Waals surface area contributed by atoms with Crippen LogP contribution in [0.1, 0.15) is 13.8 Å². The molecule has 0 atom stereocenters. The molecule has 4 heteroatoms. The average Bonchev–Trinajstić information content (AvgIpc) is 2.00. The van der Waals surface area contributed by atoms with Crippen LogP contribution in [0, 0.1) is 0 Å². The summed E-state index contributed by atoms with van der Waals surface area (Å²) < 4.78 is 0. The highest BCUT2D eigenvalue weighted by Crippen LogP contribution is 2.07. The highest BCUT2D eigenvalue weighted by Gasteiger charge is 1.88. The Hall–Kier alpha value is -0.770. The first-order chi connectivity index (χ1) is 4.80. The van der Waals surface area contributed by atoms with Gasteiger partial charge in [-0.05, 0) is 0 Å². The molecule has 1 aromatic rings. The largest absolute Gasteiger partial charge is 0.383 e. The number of hydrogen-bond donors (Lipinski definition) is 2. The van der Waals surface area contributed by atoms with Gasteiger partial charge in [-0.25, -0.2) is 9.97 Å². The van der Waals surface area contributed by atoms with Crippen molar-refractivity contribution in [1.82, 2.24) is 9.97 Å². The van der Waals surface area contributed by atoms with Crippen LogP contribution < -0.4 is 5.73 Å². The third-order valence-electron chi connectivity index (χ3n) is 0.723. The maximum absolute atomic E-state index is 5.29. The predicted octanol–water partition coefficient (Wildman–Crippen LogP) is 1.37. The van der Waals surface area contributed by atoms with E-state index in [0.29, 0.717) is 10.7 Å². The number of anilines is 1. The first-order valence-corrected chi connectivity index (χ1v) is 3.50. The van der Waals surface area contributed by atoms with E-state index in [4.69, 9.17) is 5.73 Å². The zero-order chi connectivity index (χ0) is 7.98. The van der Waals surface area contributed by atoms with Gasteiger partial charge in [-0.2, -0.15) is 0 Å². The quantitative estimate of drug-likeness (QED) is 0.559. The second kappa shape index (κ2) is 5.05. The van der Waals surface area contributed by atoms with Gasteiger partial charge in [0.15, 0.2) is 0 Å². The number of nitrogen functional groups attached to an aromatic ring is 1. The molecule has 0 saturated heterocycles. The fourth-order valence-electron chi connectivity index (χ4n) is 0.332. The van der Waals surface area contributed by atoms with Gasteiger partial charge in [-0.1, -0.05) is 13.8 Å². The van der Waals surface area contributed by atoms with Crippen molar-refractivity contribution in [3.8, 4) is 0 Å². The predicted molar refractivity (Wildman–Crippen MR) is 45.0 cm³/mol. The van der Waals surface area contributed by atoms with E-state index in [1.807, 2.05) is 13.8 Å². The van der Waals surface area contributed by atoms with Gasteiger partial charge in [0.25, 0.3) is 0 Å². The second-order valence-electron chi connectivity index (χ2n) is 1.29. The van der Waals surface area contributed by atoms with Gasteiger partial charge in [-0.3, -0.25) is 0 Å². The van der Waals surface area contributed by atoms with Crippen LogP contribution in [-0.2, 0) is 0 Å². The molecule has 0 saturated carbocycles. The minimum absolute atomic E-state index is 0.420. The van der Waals surface area contributed by atoms with Crippen molar-refractivity contribution in [2.45, 2.75) is 18.7 Å². The normalized spacial score (nSPS) is 7.90. The fraction of sp³-hybridized carbons (Fsp3) is 0.333. The molecule has 0 unspecified atom stereocenters. The lowest BCUT2D eigenvalue weighted by Crippen LogP contribution is -1.90. The van der Waals surface area contributed by atoms with Crippen LogP contribution >= 0.6 is 12.6 Å². The van der Waals surface area contributed by atoms with Crippen LogP contribution in [0.15, 0.2) is 17.4 Å². The third kappa shape index (κ3) is 2.68. The van der Waals surface area contributed by atoms with Crippen LogP contribution in [0.4, 0.5) is 5.82 Å². The monoisotopic (exact) mass is 157 g/mol.